The van der Waals surface area contributed by atoms with Crippen LogP contribution in [0.4, 0.5) is 0 Å². The second-order valence-electron chi connectivity index (χ2n) is 5.85. The number of hydrogen-bond acceptors (Lipinski definition) is 5. The van der Waals surface area contributed by atoms with E-state index >= 15 is 0 Å². The molecule has 0 aromatic heterocycles. The fourth-order valence-corrected chi connectivity index (χ4v) is 2.30. The Labute approximate surface area is 134 Å². The molecular formula is C14H24N4O5. The lowest BCUT2D eigenvalue weighted by Gasteiger charge is -2.28. The summed E-state index contributed by atoms with van der Waals surface area (Å²) in [5.41, 5.74) is 5.85. The van der Waals surface area contributed by atoms with Gasteiger partial charge in [0.1, 0.15) is 12.6 Å². The van der Waals surface area contributed by atoms with E-state index in [2.05, 4.69) is 10.6 Å². The van der Waals surface area contributed by atoms with Gasteiger partial charge in [-0.2, -0.15) is 0 Å². The zero-order valence-corrected chi connectivity index (χ0v) is 13.4. The molecule has 9 heteroatoms. The van der Waals surface area contributed by atoms with E-state index in [0.29, 0.717) is 19.4 Å². The highest BCUT2D eigenvalue weighted by atomic mass is 16.4. The van der Waals surface area contributed by atoms with Gasteiger partial charge >= 0.3 is 5.97 Å². The topological polar surface area (TPSA) is 142 Å². The normalized spacial score (nSPS) is 18.6. The van der Waals surface area contributed by atoms with Crippen molar-refractivity contribution < 1.29 is 24.3 Å². The molecule has 9 nitrogen and oxygen atoms in total. The molecule has 0 saturated carbocycles. The summed E-state index contributed by atoms with van der Waals surface area (Å²) in [6.45, 7) is 3.29. The molecule has 0 aromatic rings. The number of carbonyl (C=O) groups is 4. The minimum absolute atomic E-state index is 0.0337. The summed E-state index contributed by atoms with van der Waals surface area (Å²) in [4.78, 5) is 47.6. The third-order valence-electron chi connectivity index (χ3n) is 3.70. The van der Waals surface area contributed by atoms with Crippen LogP contribution in [0.15, 0.2) is 0 Å². The number of nitrogens with zero attached hydrogens (tertiary/aromatic N) is 1. The highest BCUT2D eigenvalue weighted by Crippen LogP contribution is 2.19. The van der Waals surface area contributed by atoms with E-state index < -0.39 is 36.4 Å². The number of nitrogens with two attached hydrogens (primary N) is 1. The van der Waals surface area contributed by atoms with Crippen molar-refractivity contribution in [1.82, 2.24) is 15.5 Å². The second-order valence-corrected chi connectivity index (χ2v) is 5.85. The fraction of sp³-hybridized carbons (Fsp3) is 0.714. The maximum absolute atomic E-state index is 12.3. The van der Waals surface area contributed by atoms with Crippen molar-refractivity contribution in [3.8, 4) is 0 Å². The summed E-state index contributed by atoms with van der Waals surface area (Å²) < 4.78 is 0. The van der Waals surface area contributed by atoms with Crippen LogP contribution >= 0.6 is 0 Å². The molecule has 1 rings (SSSR count). The first kappa shape index (κ1) is 18.9. The van der Waals surface area contributed by atoms with E-state index in [1.54, 1.807) is 0 Å². The Morgan fingerprint density at radius 1 is 1.22 bits per heavy atom. The van der Waals surface area contributed by atoms with Crippen molar-refractivity contribution in [3.05, 3.63) is 0 Å². The number of aliphatic carboxylic acids is 1. The molecule has 1 saturated heterocycles. The zero-order valence-electron chi connectivity index (χ0n) is 13.4. The Kier molecular flexibility index (Phi) is 6.95. The predicted molar refractivity (Wildman–Crippen MR) is 81.2 cm³/mol. The second kappa shape index (κ2) is 8.47. The Balaban J connectivity index is 2.53. The van der Waals surface area contributed by atoms with Gasteiger partial charge in [0.25, 0.3) is 0 Å². The summed E-state index contributed by atoms with van der Waals surface area (Å²) >= 11 is 0. The van der Waals surface area contributed by atoms with Crippen LogP contribution in [0.3, 0.4) is 0 Å². The molecule has 0 radical (unpaired) electrons. The number of carboxylic acids is 1. The number of amides is 3. The van der Waals surface area contributed by atoms with Gasteiger partial charge in [-0.1, -0.05) is 13.8 Å². The quantitative estimate of drug-likeness (QED) is 0.438. The van der Waals surface area contributed by atoms with E-state index in [1.807, 2.05) is 13.8 Å². The van der Waals surface area contributed by atoms with Crippen LogP contribution in [0.2, 0.25) is 0 Å². The molecule has 0 spiro atoms. The van der Waals surface area contributed by atoms with Crippen LogP contribution in [0, 0.1) is 5.92 Å². The predicted octanol–water partition coefficient (Wildman–Crippen LogP) is -1.72. The largest absolute Gasteiger partial charge is 0.480 e. The molecule has 0 unspecified atom stereocenters. The summed E-state index contributed by atoms with van der Waals surface area (Å²) in [6.07, 6.45) is 1.21. The SMILES string of the molecule is CC(C)[C@H](N)C(=O)N1CCC[C@H]1C(=O)NCC(=O)NCC(=O)O. The highest BCUT2D eigenvalue weighted by Gasteiger charge is 2.36. The molecule has 0 bridgehead atoms. The van der Waals surface area contributed by atoms with Gasteiger partial charge in [0.15, 0.2) is 0 Å². The molecule has 0 aliphatic carbocycles. The van der Waals surface area contributed by atoms with Crippen LogP contribution < -0.4 is 16.4 Å². The molecule has 0 aromatic carbocycles. The molecule has 2 atom stereocenters. The number of rotatable bonds is 7. The van der Waals surface area contributed by atoms with E-state index in [4.69, 9.17) is 10.8 Å². The average molecular weight is 328 g/mol. The van der Waals surface area contributed by atoms with E-state index in [-0.39, 0.29) is 18.4 Å². The Hall–Kier alpha value is -2.16. The lowest BCUT2D eigenvalue weighted by Crippen LogP contribution is -2.53. The molecule has 23 heavy (non-hydrogen) atoms. The Morgan fingerprint density at radius 2 is 1.87 bits per heavy atom. The minimum atomic E-state index is -1.17. The van der Waals surface area contributed by atoms with Gasteiger partial charge in [0.2, 0.25) is 17.7 Å². The van der Waals surface area contributed by atoms with Crippen molar-refractivity contribution in [2.24, 2.45) is 11.7 Å². The first-order chi connectivity index (χ1) is 10.7. The number of likely N-dealkylation sites (tertiary alicyclic amines) is 1. The van der Waals surface area contributed by atoms with Gasteiger partial charge in [-0.25, -0.2) is 0 Å². The van der Waals surface area contributed by atoms with Gasteiger partial charge in [0, 0.05) is 6.54 Å². The molecule has 3 amide bonds. The molecule has 1 heterocycles. The molecule has 1 fully saturated rings. The monoisotopic (exact) mass is 328 g/mol. The van der Waals surface area contributed by atoms with Gasteiger partial charge in [0.05, 0.1) is 12.6 Å². The number of hydrogen-bond donors (Lipinski definition) is 4. The van der Waals surface area contributed by atoms with Gasteiger partial charge in [-0.3, -0.25) is 19.2 Å². The molecular weight excluding hydrogens is 304 g/mol. The summed E-state index contributed by atoms with van der Waals surface area (Å²) in [7, 11) is 0. The van der Waals surface area contributed by atoms with Gasteiger partial charge in [-0.15, -0.1) is 0 Å². The third kappa shape index (κ3) is 5.51. The van der Waals surface area contributed by atoms with Crippen LogP contribution in [0.1, 0.15) is 26.7 Å². The van der Waals surface area contributed by atoms with Crippen molar-refractivity contribution in [2.75, 3.05) is 19.6 Å². The van der Waals surface area contributed by atoms with Crippen molar-refractivity contribution in [1.29, 1.82) is 0 Å². The standard InChI is InChI=1S/C14H24N4O5/c1-8(2)12(15)14(23)18-5-3-4-9(18)13(22)17-6-10(19)16-7-11(20)21/h8-9,12H,3-7,15H2,1-2H3,(H,16,19)(H,17,22)(H,20,21)/t9-,12-/m0/s1. The van der Waals surface area contributed by atoms with Gasteiger partial charge < -0.3 is 26.4 Å². The molecule has 1 aliphatic heterocycles. The van der Waals surface area contributed by atoms with Crippen LogP contribution in [0.5, 0.6) is 0 Å². The van der Waals surface area contributed by atoms with E-state index in [9.17, 15) is 19.2 Å². The maximum atomic E-state index is 12.3. The van der Waals surface area contributed by atoms with E-state index in [1.165, 1.54) is 4.90 Å². The number of carbonyl (C=O) groups excluding carboxylic acids is 3. The third-order valence-corrected chi connectivity index (χ3v) is 3.70. The van der Waals surface area contributed by atoms with Crippen molar-refractivity contribution >= 4 is 23.7 Å². The van der Waals surface area contributed by atoms with Crippen LogP contribution in [-0.2, 0) is 19.2 Å². The van der Waals surface area contributed by atoms with Crippen molar-refractivity contribution in [2.45, 2.75) is 38.8 Å². The summed E-state index contributed by atoms with van der Waals surface area (Å²) in [5, 5.41) is 13.0. The Bertz CT molecular complexity index is 480. The molecule has 130 valence electrons. The number of nitrogens with one attached hydrogen (secondary N) is 2. The van der Waals surface area contributed by atoms with Crippen molar-refractivity contribution in [3.63, 3.8) is 0 Å². The first-order valence-corrected chi connectivity index (χ1v) is 7.56. The average Bonchev–Trinajstić information content (AvgIpc) is 2.98. The summed E-state index contributed by atoms with van der Waals surface area (Å²) in [5.74, 6) is -2.51. The van der Waals surface area contributed by atoms with Crippen LogP contribution in [0.25, 0.3) is 0 Å². The first-order valence-electron chi connectivity index (χ1n) is 7.56. The number of carboxylic acid groups (broad SMARTS) is 1. The maximum Gasteiger partial charge on any atom is 0.322 e. The minimum Gasteiger partial charge on any atom is -0.480 e. The van der Waals surface area contributed by atoms with Crippen LogP contribution in [-0.4, -0.2) is 65.4 Å². The smallest absolute Gasteiger partial charge is 0.322 e. The van der Waals surface area contributed by atoms with Gasteiger partial charge in [-0.05, 0) is 18.8 Å². The Morgan fingerprint density at radius 3 is 2.43 bits per heavy atom. The lowest BCUT2D eigenvalue weighted by atomic mass is 10.0. The zero-order chi connectivity index (χ0) is 17.6. The molecule has 5 N–H and O–H groups in total. The molecule has 1 aliphatic rings. The fourth-order valence-electron chi connectivity index (χ4n) is 2.30. The summed E-state index contributed by atoms with van der Waals surface area (Å²) in [6, 6.07) is -1.30. The highest BCUT2D eigenvalue weighted by molar-refractivity contribution is 5.92. The lowest BCUT2D eigenvalue weighted by molar-refractivity contribution is -0.140. The van der Waals surface area contributed by atoms with E-state index in [0.717, 1.165) is 0 Å².